The van der Waals surface area contributed by atoms with Gasteiger partial charge in [0.1, 0.15) is 0 Å². The Bertz CT molecular complexity index is 2700. The Balaban J connectivity index is 1.32. The zero-order valence-electron chi connectivity index (χ0n) is 29.0. The fraction of sp³-hybridized carbons (Fsp3) is 0. The summed E-state index contributed by atoms with van der Waals surface area (Å²) < 4.78 is 0. The van der Waals surface area contributed by atoms with Gasteiger partial charge in [-0.05, 0) is 106 Å². The van der Waals surface area contributed by atoms with Crippen molar-refractivity contribution in [2.24, 2.45) is 0 Å². The van der Waals surface area contributed by atoms with Gasteiger partial charge < -0.3 is 14.8 Å². The molecule has 1 N–H and O–H groups in total. The molecular weight excluding hydrogens is 643 g/mol. The number of hydrogen-bond donors (Lipinski definition) is 1. The van der Waals surface area contributed by atoms with Gasteiger partial charge >= 0.3 is 0 Å². The molecular formula is C50H35N3. The average Bonchev–Trinajstić information content (AvgIpc) is 3.63. The molecule has 9 aromatic carbocycles. The SMILES string of the molecule is c1ccc(N(c2ccccc2)c2cc(-c3cc4ccccc4c4c3[nH]c3ccc5ccccc5c34)cc(N(c3ccccc3)c3ccccc3)c2)cc1. The van der Waals surface area contributed by atoms with E-state index >= 15 is 0 Å². The molecule has 0 saturated heterocycles. The van der Waals surface area contributed by atoms with Crippen LogP contribution in [0.5, 0.6) is 0 Å². The lowest BCUT2D eigenvalue weighted by atomic mass is 9.94. The minimum atomic E-state index is 1.06. The number of aromatic amines is 1. The van der Waals surface area contributed by atoms with E-state index in [1.165, 1.54) is 32.3 Å². The normalized spacial score (nSPS) is 11.4. The van der Waals surface area contributed by atoms with Crippen molar-refractivity contribution in [3.8, 4) is 11.1 Å². The highest BCUT2D eigenvalue weighted by Crippen LogP contribution is 2.46. The Morgan fingerprint density at radius 2 is 0.755 bits per heavy atom. The average molecular weight is 678 g/mol. The summed E-state index contributed by atoms with van der Waals surface area (Å²) in [5.41, 5.74) is 11.0. The van der Waals surface area contributed by atoms with Crippen molar-refractivity contribution in [3.05, 3.63) is 206 Å². The monoisotopic (exact) mass is 677 g/mol. The molecule has 0 aliphatic heterocycles. The Kier molecular flexibility index (Phi) is 7.47. The summed E-state index contributed by atoms with van der Waals surface area (Å²) in [5, 5.41) is 7.46. The van der Waals surface area contributed by atoms with Crippen molar-refractivity contribution in [3.63, 3.8) is 0 Å². The largest absolute Gasteiger partial charge is 0.354 e. The molecule has 0 radical (unpaired) electrons. The Morgan fingerprint density at radius 1 is 0.321 bits per heavy atom. The molecule has 3 nitrogen and oxygen atoms in total. The summed E-state index contributed by atoms with van der Waals surface area (Å²) in [6, 6.07) is 74.0. The number of hydrogen-bond acceptors (Lipinski definition) is 2. The van der Waals surface area contributed by atoms with Crippen LogP contribution in [0, 0.1) is 0 Å². The summed E-state index contributed by atoms with van der Waals surface area (Å²) in [4.78, 5) is 8.64. The second-order valence-electron chi connectivity index (χ2n) is 13.5. The predicted molar refractivity (Wildman–Crippen MR) is 226 cm³/mol. The van der Waals surface area contributed by atoms with Crippen molar-refractivity contribution in [1.82, 2.24) is 4.98 Å². The molecule has 53 heavy (non-hydrogen) atoms. The highest BCUT2D eigenvalue weighted by molar-refractivity contribution is 6.30. The molecule has 250 valence electrons. The van der Waals surface area contributed by atoms with Gasteiger partial charge in [-0.2, -0.15) is 0 Å². The standard InChI is InChI=1S/C50H35N3/c1-5-19-38(20-6-1)52(39-21-7-2-8-22-39)42-31-37(32-43(34-42)53(40-23-9-3-10-24-40)41-25-11-4-12-26-41)46-33-36-18-14-16-28-45(36)49-48-44-27-15-13-17-35(44)29-30-47(48)51-50(46)49/h1-34,51H. The maximum absolute atomic E-state index is 3.93. The van der Waals surface area contributed by atoms with Gasteiger partial charge in [0.15, 0.2) is 0 Å². The topological polar surface area (TPSA) is 22.3 Å². The van der Waals surface area contributed by atoms with Crippen LogP contribution in [0.15, 0.2) is 206 Å². The molecule has 0 fully saturated rings. The molecule has 0 aliphatic rings. The molecule has 3 heteroatoms. The molecule has 0 spiro atoms. The van der Waals surface area contributed by atoms with Gasteiger partial charge in [0.25, 0.3) is 0 Å². The van der Waals surface area contributed by atoms with E-state index in [1.54, 1.807) is 0 Å². The van der Waals surface area contributed by atoms with E-state index in [1.807, 2.05) is 0 Å². The van der Waals surface area contributed by atoms with Gasteiger partial charge in [-0.15, -0.1) is 0 Å². The number of fused-ring (bicyclic) bond motifs is 7. The van der Waals surface area contributed by atoms with E-state index in [2.05, 4.69) is 221 Å². The highest BCUT2D eigenvalue weighted by Gasteiger charge is 2.22. The Morgan fingerprint density at radius 3 is 1.26 bits per heavy atom. The maximum atomic E-state index is 3.93. The lowest BCUT2D eigenvalue weighted by Crippen LogP contribution is -2.13. The fourth-order valence-electron chi connectivity index (χ4n) is 7.96. The molecule has 0 amide bonds. The number of anilines is 6. The number of rotatable bonds is 7. The molecule has 1 aromatic heterocycles. The summed E-state index contributed by atoms with van der Waals surface area (Å²) in [6.07, 6.45) is 0. The van der Waals surface area contributed by atoms with E-state index in [0.717, 1.165) is 56.3 Å². The van der Waals surface area contributed by atoms with Gasteiger partial charge in [0.05, 0.1) is 5.52 Å². The number of H-pyrrole nitrogens is 1. The lowest BCUT2D eigenvalue weighted by molar-refractivity contribution is 1.25. The van der Waals surface area contributed by atoms with Crippen LogP contribution in [0.3, 0.4) is 0 Å². The molecule has 0 aliphatic carbocycles. The first-order chi connectivity index (χ1) is 26.3. The summed E-state index contributed by atoms with van der Waals surface area (Å²) in [6.45, 7) is 0. The maximum Gasteiger partial charge on any atom is 0.0551 e. The van der Waals surface area contributed by atoms with Crippen LogP contribution in [-0.4, -0.2) is 4.98 Å². The third-order valence-electron chi connectivity index (χ3n) is 10.3. The minimum Gasteiger partial charge on any atom is -0.354 e. The molecule has 0 atom stereocenters. The van der Waals surface area contributed by atoms with Crippen LogP contribution in [0.2, 0.25) is 0 Å². The Hall–Kier alpha value is -7.10. The van der Waals surface area contributed by atoms with Gasteiger partial charge in [0.2, 0.25) is 0 Å². The van der Waals surface area contributed by atoms with Crippen LogP contribution in [0.4, 0.5) is 34.1 Å². The third-order valence-corrected chi connectivity index (χ3v) is 10.3. The van der Waals surface area contributed by atoms with Gasteiger partial charge in [0, 0.05) is 56.0 Å². The number of para-hydroxylation sites is 4. The third kappa shape index (κ3) is 5.38. The molecule has 0 saturated carbocycles. The van der Waals surface area contributed by atoms with Gasteiger partial charge in [-0.1, -0.05) is 127 Å². The fourth-order valence-corrected chi connectivity index (χ4v) is 7.96. The van der Waals surface area contributed by atoms with Crippen molar-refractivity contribution >= 4 is 77.5 Å². The summed E-state index contributed by atoms with van der Waals surface area (Å²) in [5.74, 6) is 0. The van der Waals surface area contributed by atoms with Crippen LogP contribution < -0.4 is 9.80 Å². The second kappa shape index (κ2) is 12.9. The first-order valence-electron chi connectivity index (χ1n) is 18.1. The number of nitrogens with one attached hydrogen (secondary N) is 1. The number of nitrogens with zero attached hydrogens (tertiary/aromatic N) is 2. The van der Waals surface area contributed by atoms with Crippen LogP contribution in [-0.2, 0) is 0 Å². The van der Waals surface area contributed by atoms with E-state index in [-0.39, 0.29) is 0 Å². The molecule has 0 bridgehead atoms. The highest BCUT2D eigenvalue weighted by atomic mass is 15.2. The first-order valence-corrected chi connectivity index (χ1v) is 18.1. The number of aromatic nitrogens is 1. The van der Waals surface area contributed by atoms with E-state index in [0.29, 0.717) is 0 Å². The smallest absolute Gasteiger partial charge is 0.0551 e. The van der Waals surface area contributed by atoms with Crippen LogP contribution in [0.25, 0.3) is 54.5 Å². The van der Waals surface area contributed by atoms with E-state index < -0.39 is 0 Å². The van der Waals surface area contributed by atoms with E-state index in [9.17, 15) is 0 Å². The molecule has 10 aromatic rings. The van der Waals surface area contributed by atoms with Crippen LogP contribution in [0.1, 0.15) is 0 Å². The predicted octanol–water partition coefficient (Wildman–Crippen LogP) is 14.2. The van der Waals surface area contributed by atoms with Crippen molar-refractivity contribution in [2.45, 2.75) is 0 Å². The minimum absolute atomic E-state index is 1.06. The van der Waals surface area contributed by atoms with E-state index in [4.69, 9.17) is 0 Å². The van der Waals surface area contributed by atoms with Crippen molar-refractivity contribution in [1.29, 1.82) is 0 Å². The van der Waals surface area contributed by atoms with Crippen molar-refractivity contribution < 1.29 is 0 Å². The van der Waals surface area contributed by atoms with Gasteiger partial charge in [-0.25, -0.2) is 0 Å². The first kappa shape index (κ1) is 30.7. The van der Waals surface area contributed by atoms with Crippen molar-refractivity contribution in [2.75, 3.05) is 9.80 Å². The molecule has 10 rings (SSSR count). The lowest BCUT2D eigenvalue weighted by Gasteiger charge is -2.30. The Labute approximate surface area is 308 Å². The zero-order valence-corrected chi connectivity index (χ0v) is 29.0. The number of benzene rings is 9. The quantitative estimate of drug-likeness (QED) is 0.181. The summed E-state index contributed by atoms with van der Waals surface area (Å²) in [7, 11) is 0. The van der Waals surface area contributed by atoms with Gasteiger partial charge in [-0.3, -0.25) is 0 Å². The second-order valence-corrected chi connectivity index (χ2v) is 13.5. The molecule has 0 unspecified atom stereocenters. The zero-order chi connectivity index (χ0) is 35.1. The summed E-state index contributed by atoms with van der Waals surface area (Å²) >= 11 is 0. The molecule has 1 heterocycles. The van der Waals surface area contributed by atoms with Crippen LogP contribution >= 0.6 is 0 Å².